The molecule has 6 nitrogen and oxygen atoms in total. The lowest BCUT2D eigenvalue weighted by Gasteiger charge is -2.17. The van der Waals surface area contributed by atoms with Gasteiger partial charge in [0.2, 0.25) is 0 Å². The molecular formula is C17H17F3N2O4. The van der Waals surface area contributed by atoms with E-state index in [2.05, 4.69) is 4.74 Å². The highest BCUT2D eigenvalue weighted by molar-refractivity contribution is 5.78. The quantitative estimate of drug-likeness (QED) is 0.567. The Kier molecular flexibility index (Phi) is 7.65. The maximum absolute atomic E-state index is 12.8. The molecule has 0 atom stereocenters. The van der Waals surface area contributed by atoms with Crippen LogP contribution in [-0.2, 0) is 26.9 Å². The lowest BCUT2D eigenvalue weighted by atomic mass is 10.0. The van der Waals surface area contributed by atoms with Crippen LogP contribution in [0, 0.1) is 11.3 Å². The van der Waals surface area contributed by atoms with E-state index < -0.39 is 30.3 Å². The second-order valence-corrected chi connectivity index (χ2v) is 5.04. The molecule has 1 aromatic carbocycles. The molecule has 0 unspecified atom stereocenters. The maximum atomic E-state index is 12.8. The first-order valence-electron chi connectivity index (χ1n) is 7.48. The molecule has 0 fully saturated rings. The van der Waals surface area contributed by atoms with Crippen molar-refractivity contribution >= 4 is 12.1 Å². The number of allylic oxidation sites excluding steroid dienone is 1. The van der Waals surface area contributed by atoms with Gasteiger partial charge in [0.25, 0.3) is 0 Å². The standard InChI is InChI=1S/C17H17F3N2O4/c1-3-26-16(24)22(11-15(23)25-2)10-13(9-21)7-12-5-4-6-14(8-12)17(18,19)20/h4-6,8,10H,3,7,11H2,1-2H3/b13-10+. The van der Waals surface area contributed by atoms with E-state index in [9.17, 15) is 28.0 Å². The van der Waals surface area contributed by atoms with Gasteiger partial charge in [-0.2, -0.15) is 18.4 Å². The fraction of sp³-hybridized carbons (Fsp3) is 0.353. The van der Waals surface area contributed by atoms with Gasteiger partial charge in [-0.3, -0.25) is 9.69 Å². The highest BCUT2D eigenvalue weighted by Gasteiger charge is 2.30. The maximum Gasteiger partial charge on any atom is 0.416 e. The third kappa shape index (κ3) is 6.47. The number of amides is 1. The summed E-state index contributed by atoms with van der Waals surface area (Å²) >= 11 is 0. The molecule has 1 rings (SSSR count). The van der Waals surface area contributed by atoms with Crippen molar-refractivity contribution in [2.45, 2.75) is 19.5 Å². The van der Waals surface area contributed by atoms with E-state index in [0.29, 0.717) is 0 Å². The van der Waals surface area contributed by atoms with E-state index >= 15 is 0 Å². The Hall–Kier alpha value is -3.02. The average Bonchev–Trinajstić information content (AvgIpc) is 2.59. The number of nitriles is 1. The van der Waals surface area contributed by atoms with Gasteiger partial charge >= 0.3 is 18.2 Å². The van der Waals surface area contributed by atoms with Crippen molar-refractivity contribution in [1.82, 2.24) is 4.90 Å². The van der Waals surface area contributed by atoms with E-state index in [4.69, 9.17) is 4.74 Å². The van der Waals surface area contributed by atoms with E-state index in [0.717, 1.165) is 30.3 Å². The van der Waals surface area contributed by atoms with Crippen molar-refractivity contribution in [2.24, 2.45) is 0 Å². The second kappa shape index (κ2) is 9.46. The molecule has 0 saturated heterocycles. The molecule has 0 heterocycles. The van der Waals surface area contributed by atoms with Crippen molar-refractivity contribution in [2.75, 3.05) is 20.3 Å². The van der Waals surface area contributed by atoms with Gasteiger partial charge in [0, 0.05) is 12.6 Å². The van der Waals surface area contributed by atoms with Gasteiger partial charge in [0.05, 0.1) is 30.9 Å². The van der Waals surface area contributed by atoms with E-state index in [1.54, 1.807) is 13.0 Å². The van der Waals surface area contributed by atoms with Crippen LogP contribution in [0.5, 0.6) is 0 Å². The number of methoxy groups -OCH3 is 1. The number of esters is 1. The number of hydrogen-bond donors (Lipinski definition) is 0. The normalized spacial score (nSPS) is 11.5. The molecule has 0 aromatic heterocycles. The Bertz CT molecular complexity index is 723. The minimum absolute atomic E-state index is 0.0266. The van der Waals surface area contributed by atoms with Gasteiger partial charge in [0.15, 0.2) is 0 Å². The minimum atomic E-state index is -4.51. The number of carbonyl (C=O) groups is 2. The summed E-state index contributed by atoms with van der Waals surface area (Å²) in [6.45, 7) is 1.11. The molecule has 1 amide bonds. The molecule has 0 aliphatic carbocycles. The first kappa shape index (κ1) is 21.0. The van der Waals surface area contributed by atoms with Crippen molar-refractivity contribution in [3.8, 4) is 6.07 Å². The van der Waals surface area contributed by atoms with Crippen LogP contribution in [-0.4, -0.2) is 37.2 Å². The third-order valence-corrected chi connectivity index (χ3v) is 3.13. The molecule has 0 aliphatic rings. The zero-order chi connectivity index (χ0) is 19.7. The van der Waals surface area contributed by atoms with Crippen molar-refractivity contribution < 1.29 is 32.2 Å². The number of carbonyl (C=O) groups excluding carboxylic acids is 2. The summed E-state index contributed by atoms with van der Waals surface area (Å²) in [6, 6.07) is 6.29. The summed E-state index contributed by atoms with van der Waals surface area (Å²) < 4.78 is 47.6. The number of halogens is 3. The number of alkyl halides is 3. The molecule has 1 aromatic rings. The van der Waals surface area contributed by atoms with Gasteiger partial charge < -0.3 is 9.47 Å². The summed E-state index contributed by atoms with van der Waals surface area (Å²) in [5, 5.41) is 9.23. The van der Waals surface area contributed by atoms with Crippen LogP contribution in [0.15, 0.2) is 36.0 Å². The number of nitrogens with zero attached hydrogens (tertiary/aromatic N) is 2. The van der Waals surface area contributed by atoms with Gasteiger partial charge in [-0.25, -0.2) is 4.79 Å². The van der Waals surface area contributed by atoms with Crippen LogP contribution >= 0.6 is 0 Å². The van der Waals surface area contributed by atoms with E-state index in [1.807, 2.05) is 0 Å². The zero-order valence-corrected chi connectivity index (χ0v) is 14.2. The molecule has 0 radical (unpaired) electrons. The average molecular weight is 370 g/mol. The van der Waals surface area contributed by atoms with Crippen LogP contribution in [0.2, 0.25) is 0 Å². The van der Waals surface area contributed by atoms with Crippen LogP contribution in [0.3, 0.4) is 0 Å². The van der Waals surface area contributed by atoms with Gasteiger partial charge in [-0.05, 0) is 18.6 Å². The van der Waals surface area contributed by atoms with Crippen molar-refractivity contribution in [1.29, 1.82) is 5.26 Å². The first-order valence-corrected chi connectivity index (χ1v) is 7.48. The van der Waals surface area contributed by atoms with Crippen LogP contribution in [0.25, 0.3) is 0 Å². The fourth-order valence-electron chi connectivity index (χ4n) is 1.95. The summed E-state index contributed by atoms with van der Waals surface area (Å²) in [5.74, 6) is -0.745. The second-order valence-electron chi connectivity index (χ2n) is 5.04. The van der Waals surface area contributed by atoms with E-state index in [1.165, 1.54) is 12.1 Å². The summed E-state index contributed by atoms with van der Waals surface area (Å²) in [7, 11) is 1.13. The van der Waals surface area contributed by atoms with Crippen molar-refractivity contribution in [3.63, 3.8) is 0 Å². The number of ether oxygens (including phenoxy) is 2. The molecule has 0 bridgehead atoms. The minimum Gasteiger partial charge on any atom is -0.468 e. The Morgan fingerprint density at radius 2 is 2.04 bits per heavy atom. The smallest absolute Gasteiger partial charge is 0.416 e. The molecule has 0 aliphatic heterocycles. The predicted octanol–water partition coefficient (Wildman–Crippen LogP) is 3.29. The Labute approximate surface area is 148 Å². The molecule has 0 spiro atoms. The lowest BCUT2D eigenvalue weighted by Crippen LogP contribution is -2.32. The number of benzene rings is 1. The summed E-state index contributed by atoms with van der Waals surface area (Å²) in [5.41, 5.74) is -0.639. The summed E-state index contributed by atoms with van der Waals surface area (Å²) in [6.07, 6.45) is -4.48. The highest BCUT2D eigenvalue weighted by Crippen LogP contribution is 2.30. The highest BCUT2D eigenvalue weighted by atomic mass is 19.4. The molecular weight excluding hydrogens is 353 g/mol. The van der Waals surface area contributed by atoms with Crippen LogP contribution in [0.1, 0.15) is 18.1 Å². The van der Waals surface area contributed by atoms with Gasteiger partial charge in [-0.1, -0.05) is 18.2 Å². The van der Waals surface area contributed by atoms with Crippen LogP contribution < -0.4 is 0 Å². The molecule has 26 heavy (non-hydrogen) atoms. The molecule has 0 N–H and O–H groups in total. The van der Waals surface area contributed by atoms with Gasteiger partial charge in [0.1, 0.15) is 6.54 Å². The molecule has 140 valence electrons. The molecule has 9 heteroatoms. The SMILES string of the molecule is CCOC(=O)N(/C=C(/C#N)Cc1cccc(C(F)(F)F)c1)CC(=O)OC. The third-order valence-electron chi connectivity index (χ3n) is 3.13. The van der Waals surface area contributed by atoms with Crippen molar-refractivity contribution in [3.05, 3.63) is 47.2 Å². The van der Waals surface area contributed by atoms with Gasteiger partial charge in [-0.15, -0.1) is 0 Å². The first-order chi connectivity index (χ1) is 12.2. The molecule has 0 saturated carbocycles. The van der Waals surface area contributed by atoms with E-state index in [-0.39, 0.29) is 24.2 Å². The zero-order valence-electron chi connectivity index (χ0n) is 14.2. The Balaban J connectivity index is 3.08. The summed E-state index contributed by atoms with van der Waals surface area (Å²) in [4.78, 5) is 24.1. The topological polar surface area (TPSA) is 79.6 Å². The number of rotatable bonds is 6. The Morgan fingerprint density at radius 3 is 2.58 bits per heavy atom. The Morgan fingerprint density at radius 1 is 1.35 bits per heavy atom. The lowest BCUT2D eigenvalue weighted by molar-refractivity contribution is -0.141. The predicted molar refractivity (Wildman–Crippen MR) is 84.6 cm³/mol. The monoisotopic (exact) mass is 370 g/mol. The number of hydrogen-bond acceptors (Lipinski definition) is 5. The fourth-order valence-corrected chi connectivity index (χ4v) is 1.95. The van der Waals surface area contributed by atoms with Crippen LogP contribution in [0.4, 0.5) is 18.0 Å². The largest absolute Gasteiger partial charge is 0.468 e.